The second-order valence-electron chi connectivity index (χ2n) is 3.87. The van der Waals surface area contributed by atoms with Crippen LogP contribution in [0.4, 0.5) is 15.8 Å². The standard InChI is InChI=1S/C11H15FN2S/c1-8-7-14(2-3-15-8)11-5-9(12)4-10(13)6-11/h4-6,8H,2-3,7,13H2,1H3. The van der Waals surface area contributed by atoms with Crippen LogP contribution in [0.1, 0.15) is 6.92 Å². The van der Waals surface area contributed by atoms with E-state index >= 15 is 0 Å². The molecule has 0 aromatic heterocycles. The maximum Gasteiger partial charge on any atom is 0.127 e. The van der Waals surface area contributed by atoms with Crippen LogP contribution in [0.2, 0.25) is 0 Å². The van der Waals surface area contributed by atoms with Gasteiger partial charge in [0.25, 0.3) is 0 Å². The van der Waals surface area contributed by atoms with E-state index in [4.69, 9.17) is 5.73 Å². The lowest BCUT2D eigenvalue weighted by Crippen LogP contribution is -2.36. The fourth-order valence-corrected chi connectivity index (χ4v) is 2.85. The molecule has 1 aromatic carbocycles. The first-order valence-electron chi connectivity index (χ1n) is 5.08. The van der Waals surface area contributed by atoms with E-state index < -0.39 is 0 Å². The molecule has 4 heteroatoms. The summed E-state index contributed by atoms with van der Waals surface area (Å²) in [5.74, 6) is 0.841. The Morgan fingerprint density at radius 2 is 2.27 bits per heavy atom. The van der Waals surface area contributed by atoms with Gasteiger partial charge < -0.3 is 10.6 Å². The SMILES string of the molecule is CC1CN(c2cc(N)cc(F)c2)CCS1. The van der Waals surface area contributed by atoms with E-state index in [1.54, 1.807) is 6.07 Å². The molecule has 2 N–H and O–H groups in total. The molecule has 2 rings (SSSR count). The fourth-order valence-electron chi connectivity index (χ4n) is 1.83. The van der Waals surface area contributed by atoms with Gasteiger partial charge in [-0.05, 0) is 18.2 Å². The van der Waals surface area contributed by atoms with Crippen LogP contribution in [0.5, 0.6) is 0 Å². The third kappa shape index (κ3) is 2.56. The Bertz CT molecular complexity index is 336. The van der Waals surface area contributed by atoms with Crippen LogP contribution in [0.25, 0.3) is 0 Å². The summed E-state index contributed by atoms with van der Waals surface area (Å²) in [6.07, 6.45) is 0. The van der Waals surface area contributed by atoms with E-state index in [2.05, 4.69) is 11.8 Å². The first-order valence-corrected chi connectivity index (χ1v) is 6.12. The summed E-state index contributed by atoms with van der Waals surface area (Å²) in [4.78, 5) is 2.20. The lowest BCUT2D eigenvalue weighted by atomic mass is 10.2. The van der Waals surface area contributed by atoms with Gasteiger partial charge in [-0.1, -0.05) is 6.92 Å². The number of rotatable bonds is 1. The normalized spacial score (nSPS) is 21.7. The van der Waals surface area contributed by atoms with Crippen LogP contribution in [0.15, 0.2) is 18.2 Å². The molecular formula is C11H15FN2S. The number of hydrogen-bond acceptors (Lipinski definition) is 3. The quantitative estimate of drug-likeness (QED) is 0.745. The van der Waals surface area contributed by atoms with E-state index in [0.29, 0.717) is 10.9 Å². The Kier molecular flexibility index (Phi) is 3.05. The number of nitrogen functional groups attached to an aromatic ring is 1. The molecule has 0 amide bonds. The zero-order valence-corrected chi connectivity index (χ0v) is 9.56. The number of nitrogens with zero attached hydrogens (tertiary/aromatic N) is 1. The van der Waals surface area contributed by atoms with E-state index in [9.17, 15) is 4.39 Å². The molecular weight excluding hydrogens is 211 g/mol. The highest BCUT2D eigenvalue weighted by atomic mass is 32.2. The smallest absolute Gasteiger partial charge is 0.127 e. The minimum atomic E-state index is -0.254. The minimum Gasteiger partial charge on any atom is -0.399 e. The Hall–Kier alpha value is -0.900. The third-order valence-corrected chi connectivity index (χ3v) is 3.65. The molecule has 1 aromatic rings. The van der Waals surface area contributed by atoms with Gasteiger partial charge in [-0.25, -0.2) is 4.39 Å². The molecule has 1 saturated heterocycles. The molecule has 1 aliphatic heterocycles. The van der Waals surface area contributed by atoms with Crippen molar-refractivity contribution < 1.29 is 4.39 Å². The highest BCUT2D eigenvalue weighted by molar-refractivity contribution is 8.00. The largest absolute Gasteiger partial charge is 0.399 e. The van der Waals surface area contributed by atoms with Crippen LogP contribution < -0.4 is 10.6 Å². The summed E-state index contributed by atoms with van der Waals surface area (Å²) in [6.45, 7) is 4.13. The molecule has 1 heterocycles. The number of thioether (sulfide) groups is 1. The van der Waals surface area contributed by atoms with E-state index in [0.717, 1.165) is 24.5 Å². The Morgan fingerprint density at radius 3 is 2.93 bits per heavy atom. The van der Waals surface area contributed by atoms with Crippen molar-refractivity contribution in [2.24, 2.45) is 0 Å². The van der Waals surface area contributed by atoms with Crippen LogP contribution in [-0.4, -0.2) is 24.1 Å². The van der Waals surface area contributed by atoms with Crippen LogP contribution in [-0.2, 0) is 0 Å². The molecule has 82 valence electrons. The number of nitrogens with two attached hydrogens (primary N) is 1. The molecule has 0 saturated carbocycles. The van der Waals surface area contributed by atoms with Crippen molar-refractivity contribution in [1.29, 1.82) is 0 Å². The van der Waals surface area contributed by atoms with Gasteiger partial charge in [0.05, 0.1) is 0 Å². The molecule has 0 spiro atoms. The van der Waals surface area contributed by atoms with E-state index in [-0.39, 0.29) is 5.82 Å². The summed E-state index contributed by atoms with van der Waals surface area (Å²) in [6, 6.07) is 4.75. The topological polar surface area (TPSA) is 29.3 Å². The van der Waals surface area contributed by atoms with Crippen molar-refractivity contribution in [2.75, 3.05) is 29.5 Å². The highest BCUT2D eigenvalue weighted by Gasteiger charge is 2.17. The summed E-state index contributed by atoms with van der Waals surface area (Å²) in [5, 5.41) is 0.600. The summed E-state index contributed by atoms with van der Waals surface area (Å²) in [7, 11) is 0. The molecule has 1 fully saturated rings. The van der Waals surface area contributed by atoms with Crippen LogP contribution in [0.3, 0.4) is 0 Å². The first kappa shape index (κ1) is 10.6. The van der Waals surface area contributed by atoms with Gasteiger partial charge in [0.15, 0.2) is 0 Å². The number of benzene rings is 1. The van der Waals surface area contributed by atoms with Gasteiger partial charge in [-0.3, -0.25) is 0 Å². The zero-order valence-electron chi connectivity index (χ0n) is 8.74. The Balaban J connectivity index is 2.20. The predicted molar refractivity (Wildman–Crippen MR) is 64.9 cm³/mol. The monoisotopic (exact) mass is 226 g/mol. The average molecular weight is 226 g/mol. The Morgan fingerprint density at radius 1 is 1.47 bits per heavy atom. The van der Waals surface area contributed by atoms with Crippen molar-refractivity contribution in [1.82, 2.24) is 0 Å². The molecule has 1 unspecified atom stereocenters. The first-order chi connectivity index (χ1) is 7.15. The van der Waals surface area contributed by atoms with Crippen LogP contribution >= 0.6 is 11.8 Å². The lowest BCUT2D eigenvalue weighted by Gasteiger charge is -2.32. The van der Waals surface area contributed by atoms with Crippen molar-refractivity contribution in [3.05, 3.63) is 24.0 Å². The second kappa shape index (κ2) is 4.31. The highest BCUT2D eigenvalue weighted by Crippen LogP contribution is 2.25. The molecule has 15 heavy (non-hydrogen) atoms. The van der Waals surface area contributed by atoms with E-state index in [1.165, 1.54) is 6.07 Å². The van der Waals surface area contributed by atoms with Gasteiger partial charge in [0, 0.05) is 35.5 Å². The lowest BCUT2D eigenvalue weighted by molar-refractivity contribution is 0.627. The number of halogens is 1. The van der Waals surface area contributed by atoms with Crippen molar-refractivity contribution in [2.45, 2.75) is 12.2 Å². The molecule has 0 bridgehead atoms. The van der Waals surface area contributed by atoms with Crippen molar-refractivity contribution >= 4 is 23.1 Å². The maximum atomic E-state index is 13.2. The van der Waals surface area contributed by atoms with Gasteiger partial charge in [-0.2, -0.15) is 11.8 Å². The fraction of sp³-hybridized carbons (Fsp3) is 0.455. The molecule has 0 aliphatic carbocycles. The van der Waals surface area contributed by atoms with Gasteiger partial charge in [0.1, 0.15) is 5.82 Å². The third-order valence-electron chi connectivity index (χ3n) is 2.51. The number of hydrogen-bond donors (Lipinski definition) is 1. The van der Waals surface area contributed by atoms with Gasteiger partial charge >= 0.3 is 0 Å². The van der Waals surface area contributed by atoms with Crippen molar-refractivity contribution in [3.8, 4) is 0 Å². The van der Waals surface area contributed by atoms with Gasteiger partial charge in [0.2, 0.25) is 0 Å². The maximum absolute atomic E-state index is 13.2. The summed E-state index contributed by atoms with van der Waals surface area (Å²) >= 11 is 1.96. The minimum absolute atomic E-state index is 0.254. The zero-order chi connectivity index (χ0) is 10.8. The van der Waals surface area contributed by atoms with Crippen molar-refractivity contribution in [3.63, 3.8) is 0 Å². The Labute approximate surface area is 93.6 Å². The number of anilines is 2. The van der Waals surface area contributed by atoms with Gasteiger partial charge in [-0.15, -0.1) is 0 Å². The second-order valence-corrected chi connectivity index (χ2v) is 5.42. The predicted octanol–water partition coefficient (Wildman–Crippen LogP) is 2.35. The molecule has 1 aliphatic rings. The summed E-state index contributed by atoms with van der Waals surface area (Å²) < 4.78 is 13.2. The molecule has 2 nitrogen and oxygen atoms in total. The van der Waals surface area contributed by atoms with E-state index in [1.807, 2.05) is 17.8 Å². The average Bonchev–Trinajstić information content (AvgIpc) is 2.16. The summed E-state index contributed by atoms with van der Waals surface area (Å²) in [5.41, 5.74) is 7.03. The van der Waals surface area contributed by atoms with Crippen LogP contribution in [0, 0.1) is 5.82 Å². The molecule has 1 atom stereocenters. The molecule has 0 radical (unpaired) electrons.